The molecule has 0 bridgehead atoms. The minimum Gasteiger partial charge on any atom is -0.336 e. The van der Waals surface area contributed by atoms with Crippen molar-refractivity contribution in [1.82, 2.24) is 14.8 Å². The number of pyridine rings is 1. The van der Waals surface area contributed by atoms with Gasteiger partial charge in [-0.2, -0.15) is 0 Å². The van der Waals surface area contributed by atoms with Gasteiger partial charge < -0.3 is 4.90 Å². The van der Waals surface area contributed by atoms with Crippen LogP contribution in [0, 0.1) is 0 Å². The molecule has 2 rings (SSSR count). The summed E-state index contributed by atoms with van der Waals surface area (Å²) >= 11 is 0. The summed E-state index contributed by atoms with van der Waals surface area (Å²) in [5.74, 6) is 0.186. The molecule has 21 heavy (non-hydrogen) atoms. The molecule has 0 saturated carbocycles. The van der Waals surface area contributed by atoms with Gasteiger partial charge in [0.15, 0.2) is 0 Å². The molecule has 0 aliphatic carbocycles. The molecule has 1 amide bonds. The van der Waals surface area contributed by atoms with Crippen LogP contribution in [0.4, 0.5) is 0 Å². The Morgan fingerprint density at radius 3 is 2.67 bits per heavy atom. The molecule has 1 aliphatic rings. The number of carbonyl (C=O) groups is 1. The van der Waals surface area contributed by atoms with Crippen LogP contribution < -0.4 is 0 Å². The van der Waals surface area contributed by atoms with Gasteiger partial charge in [0.25, 0.3) is 0 Å². The van der Waals surface area contributed by atoms with E-state index in [1.165, 1.54) is 5.56 Å². The fourth-order valence-electron chi connectivity index (χ4n) is 2.79. The second kappa shape index (κ2) is 7.36. The monoisotopic (exact) mass is 287 g/mol. The van der Waals surface area contributed by atoms with Crippen molar-refractivity contribution in [3.05, 3.63) is 41.7 Å². The number of hydrogen-bond donors (Lipinski definition) is 0. The van der Waals surface area contributed by atoms with Crippen LogP contribution >= 0.6 is 0 Å². The lowest BCUT2D eigenvalue weighted by atomic mass is 10.1. The van der Waals surface area contributed by atoms with Gasteiger partial charge in [-0.05, 0) is 31.9 Å². The first-order valence-electron chi connectivity index (χ1n) is 7.73. The van der Waals surface area contributed by atoms with Crippen molar-refractivity contribution in [2.24, 2.45) is 0 Å². The third kappa shape index (κ3) is 3.91. The summed E-state index contributed by atoms with van der Waals surface area (Å²) in [6.45, 7) is 9.62. The van der Waals surface area contributed by atoms with Crippen molar-refractivity contribution in [3.8, 4) is 0 Å². The summed E-state index contributed by atoms with van der Waals surface area (Å²) in [7, 11) is 0. The van der Waals surface area contributed by atoms with Crippen molar-refractivity contribution >= 4 is 5.91 Å². The highest BCUT2D eigenvalue weighted by Gasteiger charge is 2.25. The standard InChI is InChI=1S/C17H25N3O/c1-4-6-14(2)17(21)20-11-9-19(10-12-20)15(3)16-7-5-8-18-13-16/h5-8,13,15H,4,9-12H2,1-3H3/b14-6-/t15-/m0/s1. The molecule has 4 heteroatoms. The number of amides is 1. The van der Waals surface area contributed by atoms with Crippen LogP contribution in [-0.2, 0) is 4.79 Å². The normalized spacial score (nSPS) is 18.6. The van der Waals surface area contributed by atoms with E-state index in [4.69, 9.17) is 0 Å². The number of nitrogens with zero attached hydrogens (tertiary/aromatic N) is 3. The van der Waals surface area contributed by atoms with Crippen molar-refractivity contribution in [2.45, 2.75) is 33.2 Å². The van der Waals surface area contributed by atoms with E-state index in [2.05, 4.69) is 29.8 Å². The summed E-state index contributed by atoms with van der Waals surface area (Å²) in [4.78, 5) is 20.8. The largest absolute Gasteiger partial charge is 0.336 e. The first kappa shape index (κ1) is 15.7. The number of piperazine rings is 1. The van der Waals surface area contributed by atoms with E-state index in [0.29, 0.717) is 6.04 Å². The molecular weight excluding hydrogens is 262 g/mol. The minimum absolute atomic E-state index is 0.186. The quantitative estimate of drug-likeness (QED) is 0.799. The molecule has 4 nitrogen and oxygen atoms in total. The van der Waals surface area contributed by atoms with Crippen LogP contribution in [0.1, 0.15) is 38.8 Å². The van der Waals surface area contributed by atoms with Gasteiger partial charge in [0, 0.05) is 50.2 Å². The molecule has 0 unspecified atom stereocenters. The lowest BCUT2D eigenvalue weighted by Crippen LogP contribution is -2.49. The summed E-state index contributed by atoms with van der Waals surface area (Å²) in [6, 6.07) is 4.44. The Balaban J connectivity index is 1.91. The van der Waals surface area contributed by atoms with E-state index >= 15 is 0 Å². The fraction of sp³-hybridized carbons (Fsp3) is 0.529. The van der Waals surface area contributed by atoms with Crippen LogP contribution in [0.15, 0.2) is 36.2 Å². The molecular formula is C17H25N3O. The number of hydrogen-bond acceptors (Lipinski definition) is 3. The van der Waals surface area contributed by atoms with Gasteiger partial charge in [-0.1, -0.05) is 19.1 Å². The molecule has 0 spiro atoms. The van der Waals surface area contributed by atoms with Crippen LogP contribution in [0.3, 0.4) is 0 Å². The van der Waals surface area contributed by atoms with E-state index in [1.54, 1.807) is 6.20 Å². The zero-order valence-corrected chi connectivity index (χ0v) is 13.2. The minimum atomic E-state index is 0.186. The zero-order valence-electron chi connectivity index (χ0n) is 13.2. The average molecular weight is 287 g/mol. The second-order valence-electron chi connectivity index (χ2n) is 5.59. The molecule has 114 valence electrons. The van der Waals surface area contributed by atoms with E-state index in [-0.39, 0.29) is 5.91 Å². The van der Waals surface area contributed by atoms with Crippen LogP contribution in [-0.4, -0.2) is 46.9 Å². The van der Waals surface area contributed by atoms with Crippen LogP contribution in [0.2, 0.25) is 0 Å². The summed E-state index contributed by atoms with van der Waals surface area (Å²) < 4.78 is 0. The average Bonchev–Trinajstić information content (AvgIpc) is 2.54. The maximum Gasteiger partial charge on any atom is 0.249 e. The van der Waals surface area contributed by atoms with Crippen LogP contribution in [0.25, 0.3) is 0 Å². The summed E-state index contributed by atoms with van der Waals surface area (Å²) in [6.07, 6.45) is 6.65. The molecule has 0 radical (unpaired) electrons. The van der Waals surface area contributed by atoms with E-state index < -0.39 is 0 Å². The molecule has 0 N–H and O–H groups in total. The smallest absolute Gasteiger partial charge is 0.249 e. The SMILES string of the molecule is CC/C=C(/C)C(=O)N1CCN([C@@H](C)c2cccnc2)CC1. The Bertz CT molecular complexity index is 490. The van der Waals surface area contributed by atoms with Gasteiger partial charge in [-0.3, -0.25) is 14.7 Å². The topological polar surface area (TPSA) is 36.4 Å². The highest BCUT2D eigenvalue weighted by molar-refractivity contribution is 5.92. The Labute approximate surface area is 127 Å². The maximum absolute atomic E-state index is 12.3. The van der Waals surface area contributed by atoms with Crippen molar-refractivity contribution in [1.29, 1.82) is 0 Å². The molecule has 0 aromatic carbocycles. The van der Waals surface area contributed by atoms with Crippen LogP contribution in [0.5, 0.6) is 0 Å². The fourth-order valence-corrected chi connectivity index (χ4v) is 2.79. The zero-order chi connectivity index (χ0) is 15.2. The lowest BCUT2D eigenvalue weighted by Gasteiger charge is -2.38. The number of carbonyl (C=O) groups excluding carboxylic acids is 1. The predicted octanol–water partition coefficient (Wildman–Crippen LogP) is 2.64. The van der Waals surface area contributed by atoms with Crippen molar-refractivity contribution in [3.63, 3.8) is 0 Å². The van der Waals surface area contributed by atoms with E-state index in [9.17, 15) is 4.79 Å². The molecule has 1 aromatic rings. The predicted molar refractivity (Wildman–Crippen MR) is 84.9 cm³/mol. The molecule has 1 aromatic heterocycles. The first-order chi connectivity index (χ1) is 10.1. The van der Waals surface area contributed by atoms with E-state index in [1.807, 2.05) is 30.2 Å². The Hall–Kier alpha value is -1.68. The number of allylic oxidation sites excluding steroid dienone is 1. The third-order valence-electron chi connectivity index (χ3n) is 4.16. The van der Waals surface area contributed by atoms with Gasteiger partial charge in [-0.15, -0.1) is 0 Å². The van der Waals surface area contributed by atoms with E-state index in [0.717, 1.165) is 38.2 Å². The highest BCUT2D eigenvalue weighted by Crippen LogP contribution is 2.21. The number of rotatable bonds is 4. The second-order valence-corrected chi connectivity index (χ2v) is 5.59. The molecule has 1 aliphatic heterocycles. The Kier molecular flexibility index (Phi) is 5.51. The van der Waals surface area contributed by atoms with Crippen molar-refractivity contribution in [2.75, 3.05) is 26.2 Å². The molecule has 1 saturated heterocycles. The van der Waals surface area contributed by atoms with Gasteiger partial charge in [0.1, 0.15) is 0 Å². The number of aromatic nitrogens is 1. The Morgan fingerprint density at radius 1 is 1.38 bits per heavy atom. The van der Waals surface area contributed by atoms with Gasteiger partial charge in [0.05, 0.1) is 0 Å². The van der Waals surface area contributed by atoms with Gasteiger partial charge in [-0.25, -0.2) is 0 Å². The van der Waals surface area contributed by atoms with Crippen molar-refractivity contribution < 1.29 is 4.79 Å². The molecule has 1 fully saturated rings. The van der Waals surface area contributed by atoms with Gasteiger partial charge >= 0.3 is 0 Å². The summed E-state index contributed by atoms with van der Waals surface area (Å²) in [5, 5.41) is 0. The lowest BCUT2D eigenvalue weighted by molar-refractivity contribution is -0.129. The first-order valence-corrected chi connectivity index (χ1v) is 7.73. The Morgan fingerprint density at radius 2 is 2.10 bits per heavy atom. The maximum atomic E-state index is 12.3. The molecule has 1 atom stereocenters. The summed E-state index contributed by atoms with van der Waals surface area (Å²) in [5.41, 5.74) is 2.10. The molecule has 2 heterocycles. The highest BCUT2D eigenvalue weighted by atomic mass is 16.2. The van der Waals surface area contributed by atoms with Gasteiger partial charge in [0.2, 0.25) is 5.91 Å². The third-order valence-corrected chi connectivity index (χ3v) is 4.16.